The van der Waals surface area contributed by atoms with Crippen molar-refractivity contribution in [3.05, 3.63) is 35.9 Å². The molecule has 2 N–H and O–H groups in total. The monoisotopic (exact) mass is 260 g/mol. The summed E-state index contributed by atoms with van der Waals surface area (Å²) in [5.74, 6) is 0. The average molecular weight is 260 g/mol. The van der Waals surface area contributed by atoms with E-state index in [4.69, 9.17) is 5.73 Å². The van der Waals surface area contributed by atoms with Crippen molar-refractivity contribution in [3.8, 4) is 0 Å². The fourth-order valence-corrected chi connectivity index (χ4v) is 3.13. The highest BCUT2D eigenvalue weighted by Crippen LogP contribution is 2.21. The predicted molar refractivity (Wildman–Crippen MR) is 82.2 cm³/mol. The van der Waals surface area contributed by atoms with Crippen molar-refractivity contribution in [3.63, 3.8) is 0 Å². The van der Waals surface area contributed by atoms with Gasteiger partial charge < -0.3 is 10.6 Å². The van der Waals surface area contributed by atoms with Crippen molar-refractivity contribution in [1.82, 2.24) is 4.90 Å². The highest BCUT2D eigenvalue weighted by Gasteiger charge is 2.19. The second kappa shape index (κ2) is 7.66. The maximum atomic E-state index is 6.29. The molecule has 2 rings (SSSR count). The lowest BCUT2D eigenvalue weighted by molar-refractivity contribution is 0.180. The summed E-state index contributed by atoms with van der Waals surface area (Å²) in [5, 5.41) is 0. The van der Waals surface area contributed by atoms with E-state index in [1.165, 1.54) is 37.7 Å². The molecule has 0 amide bonds. The summed E-state index contributed by atoms with van der Waals surface area (Å²) in [5.41, 5.74) is 7.69. The second-order valence-electron chi connectivity index (χ2n) is 6.02. The zero-order valence-corrected chi connectivity index (χ0v) is 12.2. The van der Waals surface area contributed by atoms with Crippen LogP contribution in [0.25, 0.3) is 0 Å². The van der Waals surface area contributed by atoms with Crippen molar-refractivity contribution >= 4 is 0 Å². The molecule has 2 nitrogen and oxygen atoms in total. The number of aryl methyl sites for hydroxylation is 1. The molecule has 0 radical (unpaired) electrons. The first-order valence-electron chi connectivity index (χ1n) is 7.75. The molecule has 1 saturated carbocycles. The van der Waals surface area contributed by atoms with Crippen LogP contribution in [-0.4, -0.2) is 30.6 Å². The maximum absolute atomic E-state index is 6.29. The minimum atomic E-state index is 0.298. The summed E-state index contributed by atoms with van der Waals surface area (Å²) in [6.07, 6.45) is 9.12. The molecule has 0 spiro atoms. The van der Waals surface area contributed by atoms with Gasteiger partial charge in [0, 0.05) is 18.6 Å². The van der Waals surface area contributed by atoms with Crippen LogP contribution in [-0.2, 0) is 6.42 Å². The summed E-state index contributed by atoms with van der Waals surface area (Å²) in [7, 11) is 2.25. The molecule has 19 heavy (non-hydrogen) atoms. The Balaban J connectivity index is 1.70. The molecule has 0 aromatic heterocycles. The van der Waals surface area contributed by atoms with E-state index in [1.54, 1.807) is 0 Å². The molecule has 0 heterocycles. The van der Waals surface area contributed by atoms with Crippen LogP contribution in [0.5, 0.6) is 0 Å². The van der Waals surface area contributed by atoms with Gasteiger partial charge in [-0.3, -0.25) is 0 Å². The van der Waals surface area contributed by atoms with Gasteiger partial charge in [0.1, 0.15) is 0 Å². The van der Waals surface area contributed by atoms with E-state index in [-0.39, 0.29) is 0 Å². The van der Waals surface area contributed by atoms with Gasteiger partial charge in [-0.2, -0.15) is 0 Å². The largest absolute Gasteiger partial charge is 0.327 e. The van der Waals surface area contributed by atoms with Gasteiger partial charge in [-0.15, -0.1) is 0 Å². The van der Waals surface area contributed by atoms with E-state index in [9.17, 15) is 0 Å². The molecular weight excluding hydrogens is 232 g/mol. The normalized spacial score (nSPS) is 18.7. The molecule has 106 valence electrons. The van der Waals surface area contributed by atoms with E-state index in [1.807, 2.05) is 0 Å². The Morgan fingerprint density at radius 1 is 1.16 bits per heavy atom. The number of hydrogen-bond donors (Lipinski definition) is 1. The fraction of sp³-hybridized carbons (Fsp3) is 0.647. The van der Waals surface area contributed by atoms with Crippen LogP contribution in [0.4, 0.5) is 0 Å². The van der Waals surface area contributed by atoms with E-state index in [0.29, 0.717) is 6.04 Å². The first-order chi connectivity index (χ1) is 9.25. The zero-order chi connectivity index (χ0) is 13.5. The number of nitrogens with two attached hydrogens (primary N) is 1. The first-order valence-corrected chi connectivity index (χ1v) is 7.75. The quantitative estimate of drug-likeness (QED) is 0.851. The molecule has 0 saturated heterocycles. The van der Waals surface area contributed by atoms with Gasteiger partial charge in [-0.05, 0) is 38.3 Å². The highest BCUT2D eigenvalue weighted by atomic mass is 15.1. The van der Waals surface area contributed by atoms with Crippen molar-refractivity contribution in [2.75, 3.05) is 13.6 Å². The van der Waals surface area contributed by atoms with Crippen LogP contribution in [0.2, 0.25) is 0 Å². The average Bonchev–Trinajstić information content (AvgIpc) is 2.47. The zero-order valence-electron chi connectivity index (χ0n) is 12.2. The van der Waals surface area contributed by atoms with Gasteiger partial charge in [0.25, 0.3) is 0 Å². The fourth-order valence-electron chi connectivity index (χ4n) is 3.13. The molecule has 1 aromatic carbocycles. The third-order valence-corrected chi connectivity index (χ3v) is 4.37. The van der Waals surface area contributed by atoms with Crippen LogP contribution in [0.1, 0.15) is 44.1 Å². The minimum absolute atomic E-state index is 0.298. The predicted octanol–water partition coefficient (Wildman–Crippen LogP) is 3.21. The minimum Gasteiger partial charge on any atom is -0.327 e. The first kappa shape index (κ1) is 14.5. The number of benzene rings is 1. The summed E-state index contributed by atoms with van der Waals surface area (Å²) in [4.78, 5) is 2.49. The van der Waals surface area contributed by atoms with Crippen molar-refractivity contribution in [2.24, 2.45) is 5.73 Å². The van der Waals surface area contributed by atoms with Crippen molar-refractivity contribution in [2.45, 2.75) is 57.0 Å². The van der Waals surface area contributed by atoms with Gasteiger partial charge >= 0.3 is 0 Å². The van der Waals surface area contributed by atoms with Crippen LogP contribution in [0.15, 0.2) is 30.3 Å². The third-order valence-electron chi connectivity index (χ3n) is 4.37. The molecule has 0 bridgehead atoms. The number of likely N-dealkylation sites (N-methyl/N-ethyl adjacent to an activating group) is 1. The van der Waals surface area contributed by atoms with E-state index >= 15 is 0 Å². The molecule has 1 aliphatic carbocycles. The lowest BCUT2D eigenvalue weighted by Gasteiger charge is -2.32. The lowest BCUT2D eigenvalue weighted by atomic mass is 9.94. The van der Waals surface area contributed by atoms with E-state index in [0.717, 1.165) is 25.4 Å². The van der Waals surface area contributed by atoms with E-state index in [2.05, 4.69) is 42.3 Å². The van der Waals surface area contributed by atoms with Gasteiger partial charge in [0.15, 0.2) is 0 Å². The Labute approximate surface area is 118 Å². The number of nitrogens with zero attached hydrogens (tertiary/aromatic N) is 1. The standard InChI is InChI=1S/C17H28N2/c1-19(17-10-6-3-7-11-17)14-16(18)13-12-15-8-4-2-5-9-15/h2,4-5,8-9,16-17H,3,6-7,10-14,18H2,1H3. The Morgan fingerprint density at radius 2 is 1.84 bits per heavy atom. The van der Waals surface area contributed by atoms with Crippen LogP contribution < -0.4 is 5.73 Å². The molecule has 0 aliphatic heterocycles. The number of rotatable bonds is 6. The SMILES string of the molecule is CN(CC(N)CCc1ccccc1)C1CCCCC1. The molecule has 1 unspecified atom stereocenters. The third kappa shape index (κ3) is 4.96. The second-order valence-corrected chi connectivity index (χ2v) is 6.02. The topological polar surface area (TPSA) is 29.3 Å². The lowest BCUT2D eigenvalue weighted by Crippen LogP contribution is -2.42. The van der Waals surface area contributed by atoms with Crippen LogP contribution in [0, 0.1) is 0 Å². The van der Waals surface area contributed by atoms with E-state index < -0.39 is 0 Å². The summed E-state index contributed by atoms with van der Waals surface area (Å²) in [6, 6.07) is 11.7. The molecule has 1 aromatic rings. The molecular formula is C17H28N2. The van der Waals surface area contributed by atoms with Gasteiger partial charge in [-0.25, -0.2) is 0 Å². The van der Waals surface area contributed by atoms with Crippen LogP contribution in [0.3, 0.4) is 0 Å². The summed E-state index contributed by atoms with van der Waals surface area (Å²) >= 11 is 0. The van der Waals surface area contributed by atoms with Gasteiger partial charge in [-0.1, -0.05) is 49.6 Å². The molecule has 1 aliphatic rings. The summed E-state index contributed by atoms with van der Waals surface area (Å²) < 4.78 is 0. The molecule has 1 fully saturated rings. The highest BCUT2D eigenvalue weighted by molar-refractivity contribution is 5.14. The van der Waals surface area contributed by atoms with Crippen LogP contribution >= 0.6 is 0 Å². The van der Waals surface area contributed by atoms with Crippen molar-refractivity contribution < 1.29 is 0 Å². The smallest absolute Gasteiger partial charge is 0.0170 e. The Morgan fingerprint density at radius 3 is 2.53 bits per heavy atom. The maximum Gasteiger partial charge on any atom is 0.0170 e. The Hall–Kier alpha value is -0.860. The Bertz CT molecular complexity index is 344. The molecule has 1 atom stereocenters. The van der Waals surface area contributed by atoms with Crippen molar-refractivity contribution in [1.29, 1.82) is 0 Å². The van der Waals surface area contributed by atoms with Gasteiger partial charge in [0.2, 0.25) is 0 Å². The Kier molecular flexibility index (Phi) is 5.87. The number of hydrogen-bond acceptors (Lipinski definition) is 2. The summed E-state index contributed by atoms with van der Waals surface area (Å²) in [6.45, 7) is 1.04. The molecule has 2 heteroatoms. The van der Waals surface area contributed by atoms with Gasteiger partial charge in [0.05, 0.1) is 0 Å².